The third-order valence-corrected chi connectivity index (χ3v) is 5.02. The average molecular weight is 346 g/mol. The highest BCUT2D eigenvalue weighted by atomic mass is 35.5. The first-order valence-electron chi connectivity index (χ1n) is 7.64. The van der Waals surface area contributed by atoms with Crippen LogP contribution >= 0.6 is 24.8 Å². The summed E-state index contributed by atoms with van der Waals surface area (Å²) in [7, 11) is 0. The van der Waals surface area contributed by atoms with Crippen LogP contribution < -0.4 is 10.6 Å². The van der Waals surface area contributed by atoms with Gasteiger partial charge >= 0.3 is 0 Å². The van der Waals surface area contributed by atoms with Gasteiger partial charge in [0.2, 0.25) is 5.91 Å². The molecule has 0 aromatic carbocycles. The first-order chi connectivity index (χ1) is 9.72. The Bertz CT molecular complexity index is 486. The minimum Gasteiger partial charge on any atom is -0.349 e. The molecule has 1 aromatic heterocycles. The Kier molecular flexibility index (Phi) is 7.10. The number of carbonyl (C=O) groups excluding carboxylic acids is 1. The molecule has 2 N–H and O–H groups in total. The number of hydrogen-bond donors (Lipinski definition) is 2. The van der Waals surface area contributed by atoms with Gasteiger partial charge in [0.15, 0.2) is 0 Å². The number of carbonyl (C=O) groups is 1. The number of halogens is 2. The van der Waals surface area contributed by atoms with Gasteiger partial charge in [0.25, 0.3) is 0 Å². The fourth-order valence-corrected chi connectivity index (χ4v) is 3.75. The second kappa shape index (κ2) is 8.14. The van der Waals surface area contributed by atoms with Gasteiger partial charge in [0.1, 0.15) is 0 Å². The molecule has 4 nitrogen and oxygen atoms in total. The molecule has 0 unspecified atom stereocenters. The molecule has 1 aliphatic heterocycles. The Morgan fingerprint density at radius 3 is 3.00 bits per heavy atom. The van der Waals surface area contributed by atoms with Crippen molar-refractivity contribution in [1.29, 1.82) is 0 Å². The van der Waals surface area contributed by atoms with Crippen LogP contribution in [-0.4, -0.2) is 24.0 Å². The maximum Gasteiger partial charge on any atom is 0.228 e. The predicted molar refractivity (Wildman–Crippen MR) is 92.6 cm³/mol. The van der Waals surface area contributed by atoms with Gasteiger partial charge in [0.05, 0.1) is 11.5 Å². The maximum absolute atomic E-state index is 12.8. The number of rotatable bonds is 3. The molecular formula is C16H25Cl2N3O. The number of nitrogens with zero attached hydrogens (tertiary/aromatic N) is 1. The van der Waals surface area contributed by atoms with Crippen LogP contribution in [-0.2, 0) is 4.79 Å². The monoisotopic (exact) mass is 345 g/mol. The summed E-state index contributed by atoms with van der Waals surface area (Å²) in [6, 6.07) is 3.95. The zero-order valence-corrected chi connectivity index (χ0v) is 14.5. The number of aromatic nitrogens is 1. The molecule has 22 heavy (non-hydrogen) atoms. The second-order valence-electron chi connectivity index (χ2n) is 6.21. The van der Waals surface area contributed by atoms with E-state index in [0.29, 0.717) is 5.92 Å². The van der Waals surface area contributed by atoms with Crippen LogP contribution in [0.25, 0.3) is 0 Å². The van der Waals surface area contributed by atoms with Crippen LogP contribution in [0.5, 0.6) is 0 Å². The van der Waals surface area contributed by atoms with Crippen LogP contribution in [0.15, 0.2) is 24.5 Å². The molecule has 2 fully saturated rings. The van der Waals surface area contributed by atoms with Crippen molar-refractivity contribution in [3.8, 4) is 0 Å². The highest BCUT2D eigenvalue weighted by molar-refractivity contribution is 5.85. The minimum absolute atomic E-state index is 0. The van der Waals surface area contributed by atoms with Gasteiger partial charge < -0.3 is 10.6 Å². The average Bonchev–Trinajstić information content (AvgIpc) is 2.93. The quantitative estimate of drug-likeness (QED) is 0.885. The first kappa shape index (κ1) is 19.2. The third kappa shape index (κ3) is 3.55. The summed E-state index contributed by atoms with van der Waals surface area (Å²) < 4.78 is 0. The summed E-state index contributed by atoms with van der Waals surface area (Å²) in [6.07, 6.45) is 8.23. The van der Waals surface area contributed by atoms with Crippen LogP contribution in [0.2, 0.25) is 0 Å². The second-order valence-corrected chi connectivity index (χ2v) is 6.21. The summed E-state index contributed by atoms with van der Waals surface area (Å²) in [5.41, 5.74) is 0.893. The molecule has 0 spiro atoms. The molecule has 6 heteroatoms. The van der Waals surface area contributed by atoms with Crippen LogP contribution in [0.3, 0.4) is 0 Å². The summed E-state index contributed by atoms with van der Waals surface area (Å²) in [6.45, 7) is 3.86. The number of hydrogen-bond acceptors (Lipinski definition) is 3. The number of nitrogens with one attached hydrogen (secondary N) is 2. The molecule has 2 aliphatic rings. The minimum atomic E-state index is -0.172. The highest BCUT2D eigenvalue weighted by Crippen LogP contribution is 2.44. The number of fused-ring (bicyclic) bond motifs is 1. The third-order valence-electron chi connectivity index (χ3n) is 5.02. The normalized spacial score (nSPS) is 27.8. The zero-order valence-electron chi connectivity index (χ0n) is 12.9. The van der Waals surface area contributed by atoms with Gasteiger partial charge in [-0.25, -0.2) is 0 Å². The molecule has 1 amide bonds. The van der Waals surface area contributed by atoms with E-state index in [9.17, 15) is 4.79 Å². The van der Waals surface area contributed by atoms with E-state index < -0.39 is 0 Å². The fourth-order valence-electron chi connectivity index (χ4n) is 3.75. The summed E-state index contributed by atoms with van der Waals surface area (Å²) in [5, 5.41) is 6.63. The van der Waals surface area contributed by atoms with E-state index in [4.69, 9.17) is 0 Å². The van der Waals surface area contributed by atoms with Crippen molar-refractivity contribution in [2.24, 2.45) is 11.3 Å². The van der Waals surface area contributed by atoms with E-state index in [2.05, 4.69) is 15.6 Å². The number of pyridine rings is 1. The molecule has 0 bridgehead atoms. The van der Waals surface area contributed by atoms with Crippen LogP contribution in [0.4, 0.5) is 0 Å². The Morgan fingerprint density at radius 2 is 2.27 bits per heavy atom. The van der Waals surface area contributed by atoms with Crippen molar-refractivity contribution >= 4 is 30.7 Å². The van der Waals surface area contributed by atoms with Gasteiger partial charge in [-0.05, 0) is 43.9 Å². The van der Waals surface area contributed by atoms with E-state index in [-0.39, 0.29) is 42.2 Å². The van der Waals surface area contributed by atoms with E-state index >= 15 is 0 Å². The Labute approximate surface area is 144 Å². The number of amides is 1. The van der Waals surface area contributed by atoms with E-state index in [1.165, 1.54) is 19.3 Å². The van der Waals surface area contributed by atoms with E-state index in [1.54, 1.807) is 6.20 Å². The lowest BCUT2D eigenvalue weighted by Gasteiger charge is -2.38. The van der Waals surface area contributed by atoms with E-state index in [1.807, 2.05) is 25.3 Å². The zero-order chi connectivity index (χ0) is 14.0. The van der Waals surface area contributed by atoms with Gasteiger partial charge in [-0.2, -0.15) is 0 Å². The molecule has 1 saturated heterocycles. The molecule has 2 heterocycles. The fraction of sp³-hybridized carbons (Fsp3) is 0.625. The van der Waals surface area contributed by atoms with Crippen molar-refractivity contribution < 1.29 is 4.79 Å². The van der Waals surface area contributed by atoms with Crippen molar-refractivity contribution in [3.05, 3.63) is 30.1 Å². The summed E-state index contributed by atoms with van der Waals surface area (Å²) in [4.78, 5) is 16.9. The lowest BCUT2D eigenvalue weighted by molar-refractivity contribution is -0.134. The Balaban J connectivity index is 0.00000121. The predicted octanol–water partition coefficient (Wildman–Crippen LogP) is 2.88. The molecule has 1 aliphatic carbocycles. The molecule has 124 valence electrons. The molecule has 1 saturated carbocycles. The molecule has 1 aromatic rings. The van der Waals surface area contributed by atoms with Crippen molar-refractivity contribution in [2.75, 3.05) is 13.1 Å². The highest BCUT2D eigenvalue weighted by Gasteiger charge is 2.49. The van der Waals surface area contributed by atoms with E-state index in [0.717, 1.165) is 25.1 Å². The summed E-state index contributed by atoms with van der Waals surface area (Å²) in [5.74, 6) is 0.737. The lowest BCUT2D eigenvalue weighted by atomic mass is 9.67. The largest absolute Gasteiger partial charge is 0.349 e. The topological polar surface area (TPSA) is 54.0 Å². The smallest absolute Gasteiger partial charge is 0.228 e. The molecule has 3 atom stereocenters. The lowest BCUT2D eigenvalue weighted by Crippen LogP contribution is -2.48. The first-order valence-corrected chi connectivity index (χ1v) is 7.64. The Morgan fingerprint density at radius 1 is 1.45 bits per heavy atom. The van der Waals surface area contributed by atoms with Crippen molar-refractivity contribution in [3.63, 3.8) is 0 Å². The van der Waals surface area contributed by atoms with Gasteiger partial charge in [-0.3, -0.25) is 9.78 Å². The van der Waals surface area contributed by atoms with Crippen LogP contribution in [0, 0.1) is 11.3 Å². The molecule has 3 rings (SSSR count). The standard InChI is InChI=1S/C16H23N3O.2ClH/c1-12(13-5-4-8-17-9-13)19-15(20)16-7-3-2-6-14(16)10-18-11-16;;/h4-5,8-9,12,14,18H,2-3,6-7,10-11H2,1H3,(H,19,20);2*1H/t12-,14-,16+;;/m0../s1. The SMILES string of the molecule is C[C@H](NC(=O)[C@@]12CCCC[C@H]1CNC2)c1cccnc1.Cl.Cl. The van der Waals surface area contributed by atoms with Crippen molar-refractivity contribution in [1.82, 2.24) is 15.6 Å². The van der Waals surface area contributed by atoms with Gasteiger partial charge in [-0.15, -0.1) is 24.8 Å². The van der Waals surface area contributed by atoms with Crippen molar-refractivity contribution in [2.45, 2.75) is 38.6 Å². The van der Waals surface area contributed by atoms with Crippen LogP contribution in [0.1, 0.15) is 44.2 Å². The van der Waals surface area contributed by atoms with Gasteiger partial charge in [-0.1, -0.05) is 18.9 Å². The molecule has 0 radical (unpaired) electrons. The summed E-state index contributed by atoms with van der Waals surface area (Å²) >= 11 is 0. The Hall–Kier alpha value is -0.840. The van der Waals surface area contributed by atoms with Gasteiger partial charge in [0, 0.05) is 18.9 Å². The molecular weight excluding hydrogens is 321 g/mol. The maximum atomic E-state index is 12.8.